The van der Waals surface area contributed by atoms with E-state index in [9.17, 15) is 22.0 Å². The summed E-state index contributed by atoms with van der Waals surface area (Å²) in [4.78, 5) is 0. The van der Waals surface area contributed by atoms with Crippen molar-refractivity contribution in [2.24, 2.45) is 0 Å². The molecule has 0 aromatic heterocycles. The summed E-state index contributed by atoms with van der Waals surface area (Å²) in [7, 11) is 0. The van der Waals surface area contributed by atoms with E-state index in [1.54, 1.807) is 0 Å². The largest absolute Gasteiger partial charge is 0.288 e. The summed E-state index contributed by atoms with van der Waals surface area (Å²) in [5.74, 6) is -7.60. The molecule has 1 unspecified atom stereocenters. The number of hydrogen-bond donors (Lipinski definition) is 0. The van der Waals surface area contributed by atoms with Crippen molar-refractivity contribution in [1.82, 2.24) is 0 Å². The molecule has 0 aliphatic heterocycles. The molecule has 1 saturated carbocycles. The summed E-state index contributed by atoms with van der Waals surface area (Å²) < 4.78 is 59.6. The van der Waals surface area contributed by atoms with Crippen LogP contribution in [-0.4, -0.2) is 18.0 Å². The van der Waals surface area contributed by atoms with Crippen molar-refractivity contribution in [3.63, 3.8) is 0 Å². The molecule has 0 nitrogen and oxygen atoms in total. The third kappa shape index (κ3) is 1.22. The zero-order valence-electron chi connectivity index (χ0n) is 4.75. The Kier molecular flexibility index (Phi) is 1.42. The second kappa shape index (κ2) is 1.83. The molecule has 0 aromatic rings. The van der Waals surface area contributed by atoms with Crippen molar-refractivity contribution in [2.75, 3.05) is 0 Å². The topological polar surface area (TPSA) is 0 Å². The van der Waals surface area contributed by atoms with E-state index in [1.165, 1.54) is 0 Å². The summed E-state index contributed by atoms with van der Waals surface area (Å²) in [6.07, 6.45) is -4.67. The molecule has 1 aliphatic rings. The molecule has 0 N–H and O–H groups in total. The van der Waals surface area contributed by atoms with E-state index in [4.69, 9.17) is 0 Å². The first kappa shape index (κ1) is 7.75. The van der Waals surface area contributed by atoms with Crippen LogP contribution in [0.25, 0.3) is 0 Å². The maximum Gasteiger partial charge on any atom is 0.288 e. The lowest BCUT2D eigenvalue weighted by Crippen LogP contribution is -2.23. The third-order valence-electron chi connectivity index (χ3n) is 1.27. The van der Waals surface area contributed by atoms with Gasteiger partial charge in [-0.3, -0.25) is 0 Å². The molecular formula is C5H4F5. The van der Waals surface area contributed by atoms with Crippen LogP contribution in [-0.2, 0) is 0 Å². The number of hydrogen-bond acceptors (Lipinski definition) is 0. The van der Waals surface area contributed by atoms with Gasteiger partial charge in [-0.15, -0.1) is 0 Å². The molecular weight excluding hydrogens is 155 g/mol. The minimum Gasteiger partial charge on any atom is -0.241 e. The van der Waals surface area contributed by atoms with E-state index < -0.39 is 30.9 Å². The van der Waals surface area contributed by atoms with Crippen LogP contribution in [0.5, 0.6) is 0 Å². The molecule has 5 heteroatoms. The summed E-state index contributed by atoms with van der Waals surface area (Å²) in [5.41, 5.74) is 0. The zero-order valence-corrected chi connectivity index (χ0v) is 4.75. The second-order valence-electron chi connectivity index (χ2n) is 2.25. The number of alkyl halides is 5. The Labute approximate surface area is 54.0 Å². The molecule has 1 fully saturated rings. The first-order valence-corrected chi connectivity index (χ1v) is 2.60. The van der Waals surface area contributed by atoms with Gasteiger partial charge in [-0.1, -0.05) is 0 Å². The zero-order chi connectivity index (χ0) is 7.99. The average molecular weight is 159 g/mol. The monoisotopic (exact) mass is 159 g/mol. The van der Waals surface area contributed by atoms with Gasteiger partial charge >= 0.3 is 0 Å². The van der Waals surface area contributed by atoms with E-state index in [-0.39, 0.29) is 0 Å². The third-order valence-corrected chi connectivity index (χ3v) is 1.27. The fourth-order valence-electron chi connectivity index (χ4n) is 0.806. The molecule has 0 spiro atoms. The molecule has 1 atom stereocenters. The summed E-state index contributed by atoms with van der Waals surface area (Å²) in [6, 6.07) is 0. The summed E-state index contributed by atoms with van der Waals surface area (Å²) in [5, 5.41) is 0. The minimum absolute atomic E-state index is 0.537. The molecule has 1 radical (unpaired) electrons. The molecule has 10 heavy (non-hydrogen) atoms. The van der Waals surface area contributed by atoms with Crippen molar-refractivity contribution < 1.29 is 22.0 Å². The van der Waals surface area contributed by atoms with Crippen LogP contribution in [0.1, 0.15) is 6.42 Å². The number of halogens is 5. The molecule has 0 saturated heterocycles. The fourth-order valence-corrected chi connectivity index (χ4v) is 0.806. The van der Waals surface area contributed by atoms with Gasteiger partial charge in [-0.25, -0.2) is 22.0 Å². The molecule has 0 aromatic carbocycles. The maximum atomic E-state index is 11.9. The Morgan fingerprint density at radius 3 is 1.80 bits per heavy atom. The second-order valence-corrected chi connectivity index (χ2v) is 2.25. The quantitative estimate of drug-likeness (QED) is 0.475. The van der Waals surface area contributed by atoms with Crippen molar-refractivity contribution in [2.45, 2.75) is 24.4 Å². The highest BCUT2D eigenvalue weighted by atomic mass is 19.3. The van der Waals surface area contributed by atoms with Crippen LogP contribution in [0, 0.1) is 6.42 Å². The minimum atomic E-state index is -3.95. The lowest BCUT2D eigenvalue weighted by atomic mass is 10.3. The van der Waals surface area contributed by atoms with Gasteiger partial charge < -0.3 is 0 Å². The van der Waals surface area contributed by atoms with Gasteiger partial charge in [0.15, 0.2) is 6.17 Å². The van der Waals surface area contributed by atoms with E-state index in [0.29, 0.717) is 0 Å². The van der Waals surface area contributed by atoms with Crippen molar-refractivity contribution in [3.8, 4) is 0 Å². The average Bonchev–Trinajstić information content (AvgIpc) is 1.73. The van der Waals surface area contributed by atoms with Gasteiger partial charge in [-0.2, -0.15) is 0 Å². The molecule has 0 amide bonds. The summed E-state index contributed by atoms with van der Waals surface area (Å²) in [6.45, 7) is 0. The Hall–Kier alpha value is -0.350. The van der Waals surface area contributed by atoms with Crippen LogP contribution < -0.4 is 0 Å². The maximum absolute atomic E-state index is 11.9. The molecule has 0 heterocycles. The summed E-state index contributed by atoms with van der Waals surface area (Å²) >= 11 is 0. The van der Waals surface area contributed by atoms with Gasteiger partial charge in [0, 0.05) is 6.42 Å². The Balaban J connectivity index is 2.71. The Morgan fingerprint density at radius 1 is 1.20 bits per heavy atom. The van der Waals surface area contributed by atoms with Gasteiger partial charge in [0.1, 0.15) is 6.42 Å². The van der Waals surface area contributed by atoms with Crippen LogP contribution in [0.3, 0.4) is 0 Å². The van der Waals surface area contributed by atoms with Gasteiger partial charge in [0.25, 0.3) is 11.8 Å². The van der Waals surface area contributed by atoms with Gasteiger partial charge in [0.2, 0.25) is 0 Å². The first-order valence-electron chi connectivity index (χ1n) is 2.60. The Bertz CT molecular complexity index is 141. The van der Waals surface area contributed by atoms with Gasteiger partial charge in [0.05, 0.1) is 0 Å². The standard InChI is InChI=1S/C5H4F5/c6-3-1-4(7,8)2-5(3,9)10/h2-3H,1H2. The van der Waals surface area contributed by atoms with E-state index in [1.807, 2.05) is 0 Å². The predicted octanol–water partition coefficient (Wildman–Crippen LogP) is 2.20. The molecule has 1 aliphatic carbocycles. The van der Waals surface area contributed by atoms with Gasteiger partial charge in [-0.05, 0) is 0 Å². The molecule has 1 rings (SSSR count). The molecule has 59 valence electrons. The van der Waals surface area contributed by atoms with Crippen molar-refractivity contribution >= 4 is 0 Å². The van der Waals surface area contributed by atoms with Crippen LogP contribution in [0.4, 0.5) is 22.0 Å². The SMILES string of the molecule is FC1CC(F)(F)[CH]C1(F)F. The Morgan fingerprint density at radius 2 is 1.70 bits per heavy atom. The van der Waals surface area contributed by atoms with Crippen molar-refractivity contribution in [1.29, 1.82) is 0 Å². The normalized spacial score (nSPS) is 36.3. The smallest absolute Gasteiger partial charge is 0.241 e. The van der Waals surface area contributed by atoms with Crippen LogP contribution >= 0.6 is 0 Å². The number of rotatable bonds is 0. The highest BCUT2D eigenvalue weighted by Crippen LogP contribution is 2.45. The first-order chi connectivity index (χ1) is 4.33. The van der Waals surface area contributed by atoms with E-state index in [0.717, 1.165) is 0 Å². The highest BCUT2D eigenvalue weighted by molar-refractivity contribution is 5.09. The van der Waals surface area contributed by atoms with E-state index in [2.05, 4.69) is 0 Å². The van der Waals surface area contributed by atoms with Crippen LogP contribution in [0.15, 0.2) is 0 Å². The molecule has 0 bridgehead atoms. The fraction of sp³-hybridized carbons (Fsp3) is 0.800. The predicted molar refractivity (Wildman–Crippen MR) is 23.7 cm³/mol. The van der Waals surface area contributed by atoms with Crippen LogP contribution in [0.2, 0.25) is 0 Å². The lowest BCUT2D eigenvalue weighted by molar-refractivity contribution is -0.0237. The van der Waals surface area contributed by atoms with E-state index >= 15 is 0 Å². The lowest BCUT2D eigenvalue weighted by Gasteiger charge is -2.08. The highest BCUT2D eigenvalue weighted by Gasteiger charge is 2.59. The van der Waals surface area contributed by atoms with Crippen molar-refractivity contribution in [3.05, 3.63) is 6.42 Å².